The van der Waals surface area contributed by atoms with Crippen LogP contribution in [0.4, 0.5) is 0 Å². The summed E-state index contributed by atoms with van der Waals surface area (Å²) in [6.07, 6.45) is 7.58. The number of hydrogen-bond donors (Lipinski definition) is 1. The van der Waals surface area contributed by atoms with Gasteiger partial charge >= 0.3 is 0 Å². The number of nitrogens with zero attached hydrogens (tertiary/aromatic N) is 3. The van der Waals surface area contributed by atoms with Crippen molar-refractivity contribution < 1.29 is 0 Å². The number of hydrogen-bond acceptors (Lipinski definition) is 4. The van der Waals surface area contributed by atoms with Gasteiger partial charge in [-0.3, -0.25) is 4.90 Å². The molecule has 0 radical (unpaired) electrons. The van der Waals surface area contributed by atoms with Gasteiger partial charge in [-0.1, -0.05) is 6.42 Å². The van der Waals surface area contributed by atoms with Crippen LogP contribution in [-0.2, 0) is 0 Å². The topological polar surface area (TPSA) is 42.3 Å². The van der Waals surface area contributed by atoms with Gasteiger partial charge in [0.1, 0.15) is 5.54 Å². The summed E-state index contributed by atoms with van der Waals surface area (Å²) < 4.78 is 0. The van der Waals surface area contributed by atoms with Gasteiger partial charge in [-0.05, 0) is 72.3 Å². The fraction of sp³-hybridized carbons (Fsp3) is 0.938. The van der Waals surface area contributed by atoms with E-state index in [-0.39, 0.29) is 5.54 Å². The van der Waals surface area contributed by atoms with E-state index in [9.17, 15) is 0 Å². The molecule has 0 aromatic heterocycles. The Labute approximate surface area is 124 Å². The highest BCUT2D eigenvalue weighted by molar-refractivity contribution is 5.02. The van der Waals surface area contributed by atoms with Crippen LogP contribution in [0.2, 0.25) is 0 Å². The molecule has 2 aliphatic rings. The Bertz CT molecular complexity index is 332. The molecule has 2 unspecified atom stereocenters. The largest absolute Gasteiger partial charge is 0.303 e. The van der Waals surface area contributed by atoms with E-state index >= 15 is 0 Å². The molecule has 0 aromatic rings. The van der Waals surface area contributed by atoms with Gasteiger partial charge in [0.05, 0.1) is 6.07 Å². The number of rotatable bonds is 6. The molecular formula is C16H30N4. The predicted molar refractivity (Wildman–Crippen MR) is 82.6 cm³/mol. The van der Waals surface area contributed by atoms with Gasteiger partial charge in [-0.2, -0.15) is 5.26 Å². The van der Waals surface area contributed by atoms with Gasteiger partial charge in [-0.15, -0.1) is 0 Å². The zero-order chi connectivity index (χ0) is 14.4. The second-order valence-corrected chi connectivity index (χ2v) is 6.64. The van der Waals surface area contributed by atoms with Crippen LogP contribution in [0.3, 0.4) is 0 Å². The van der Waals surface area contributed by atoms with Gasteiger partial charge < -0.3 is 10.2 Å². The summed E-state index contributed by atoms with van der Waals surface area (Å²) in [6.45, 7) is 8.24. The lowest BCUT2D eigenvalue weighted by Gasteiger charge is -2.32. The third-order valence-electron chi connectivity index (χ3n) is 5.10. The first kappa shape index (κ1) is 15.8. The first-order valence-corrected chi connectivity index (χ1v) is 8.23. The first-order valence-electron chi connectivity index (χ1n) is 8.23. The van der Waals surface area contributed by atoms with Crippen LogP contribution in [-0.4, -0.2) is 61.2 Å². The molecule has 0 aromatic carbocycles. The smallest absolute Gasteiger partial charge is 0.103 e. The maximum absolute atomic E-state index is 9.16. The van der Waals surface area contributed by atoms with Crippen molar-refractivity contribution in [1.29, 1.82) is 5.26 Å². The van der Waals surface area contributed by atoms with Gasteiger partial charge in [0, 0.05) is 12.6 Å². The molecule has 2 aliphatic heterocycles. The SMILES string of the molecule is CNC(C)(C#N)CCCN1CCC(N2CCCCC2)C1. The maximum atomic E-state index is 9.16. The van der Waals surface area contributed by atoms with Crippen molar-refractivity contribution in [3.8, 4) is 6.07 Å². The average molecular weight is 278 g/mol. The van der Waals surface area contributed by atoms with Crippen molar-refractivity contribution in [1.82, 2.24) is 15.1 Å². The summed E-state index contributed by atoms with van der Waals surface area (Å²) in [5.41, 5.74) is -0.355. The van der Waals surface area contributed by atoms with E-state index < -0.39 is 0 Å². The van der Waals surface area contributed by atoms with E-state index in [4.69, 9.17) is 5.26 Å². The van der Waals surface area contributed by atoms with Crippen LogP contribution < -0.4 is 5.32 Å². The molecule has 20 heavy (non-hydrogen) atoms. The lowest BCUT2D eigenvalue weighted by Crippen LogP contribution is -2.41. The van der Waals surface area contributed by atoms with Crippen molar-refractivity contribution in [2.75, 3.05) is 39.8 Å². The van der Waals surface area contributed by atoms with E-state index in [2.05, 4.69) is 21.2 Å². The quantitative estimate of drug-likeness (QED) is 0.805. The molecule has 0 spiro atoms. The molecular weight excluding hydrogens is 248 g/mol. The molecule has 2 heterocycles. The van der Waals surface area contributed by atoms with Crippen LogP contribution >= 0.6 is 0 Å². The van der Waals surface area contributed by atoms with E-state index in [1.165, 1.54) is 51.9 Å². The Kier molecular flexibility index (Phi) is 5.83. The van der Waals surface area contributed by atoms with E-state index in [1.807, 2.05) is 14.0 Å². The predicted octanol–water partition coefficient (Wildman–Crippen LogP) is 1.83. The summed E-state index contributed by atoms with van der Waals surface area (Å²) in [4.78, 5) is 5.29. The zero-order valence-corrected chi connectivity index (χ0v) is 13.2. The lowest BCUT2D eigenvalue weighted by atomic mass is 9.98. The molecule has 1 N–H and O–H groups in total. The monoisotopic (exact) mass is 278 g/mol. The standard InChI is InChI=1S/C16H30N4/c1-16(14-17,18-2)8-6-9-19-12-7-15(13-19)20-10-4-3-5-11-20/h15,18H,3-13H2,1-2H3. The van der Waals surface area contributed by atoms with Crippen LogP contribution in [0.1, 0.15) is 45.4 Å². The molecule has 2 atom stereocenters. The van der Waals surface area contributed by atoms with Crippen LogP contribution in [0.5, 0.6) is 0 Å². The van der Waals surface area contributed by atoms with Crippen molar-refractivity contribution in [2.24, 2.45) is 0 Å². The van der Waals surface area contributed by atoms with E-state index in [0.29, 0.717) is 0 Å². The minimum atomic E-state index is -0.355. The first-order chi connectivity index (χ1) is 9.67. The second-order valence-electron chi connectivity index (χ2n) is 6.64. The molecule has 114 valence electrons. The number of nitrogens with one attached hydrogen (secondary N) is 1. The van der Waals surface area contributed by atoms with Gasteiger partial charge in [0.15, 0.2) is 0 Å². The van der Waals surface area contributed by atoms with Crippen molar-refractivity contribution in [2.45, 2.75) is 57.0 Å². The molecule has 2 rings (SSSR count). The highest BCUT2D eigenvalue weighted by atomic mass is 15.3. The van der Waals surface area contributed by atoms with Crippen LogP contribution in [0, 0.1) is 11.3 Å². The Morgan fingerprint density at radius 3 is 2.65 bits per heavy atom. The fourth-order valence-electron chi connectivity index (χ4n) is 3.49. The molecule has 0 aliphatic carbocycles. The van der Waals surface area contributed by atoms with Crippen molar-refractivity contribution >= 4 is 0 Å². The highest BCUT2D eigenvalue weighted by Crippen LogP contribution is 2.21. The summed E-state index contributed by atoms with van der Waals surface area (Å²) >= 11 is 0. The minimum absolute atomic E-state index is 0.355. The average Bonchev–Trinajstić information content (AvgIpc) is 2.97. The molecule has 2 fully saturated rings. The van der Waals surface area contributed by atoms with Crippen molar-refractivity contribution in [3.63, 3.8) is 0 Å². The minimum Gasteiger partial charge on any atom is -0.303 e. The Morgan fingerprint density at radius 2 is 2.00 bits per heavy atom. The third kappa shape index (κ3) is 4.18. The summed E-state index contributed by atoms with van der Waals surface area (Å²) in [5.74, 6) is 0. The van der Waals surface area contributed by atoms with Crippen LogP contribution in [0.25, 0.3) is 0 Å². The van der Waals surface area contributed by atoms with Gasteiger partial charge in [0.2, 0.25) is 0 Å². The Morgan fingerprint density at radius 1 is 1.25 bits per heavy atom. The normalized spacial score (nSPS) is 28.1. The maximum Gasteiger partial charge on any atom is 0.103 e. The molecule has 2 saturated heterocycles. The highest BCUT2D eigenvalue weighted by Gasteiger charge is 2.28. The molecule has 4 heteroatoms. The van der Waals surface area contributed by atoms with E-state index in [1.54, 1.807) is 0 Å². The molecule has 0 bridgehead atoms. The Balaban J connectivity index is 1.67. The summed E-state index contributed by atoms with van der Waals surface area (Å²) in [6, 6.07) is 3.17. The zero-order valence-electron chi connectivity index (χ0n) is 13.2. The summed E-state index contributed by atoms with van der Waals surface area (Å²) in [5, 5.41) is 12.3. The summed E-state index contributed by atoms with van der Waals surface area (Å²) in [7, 11) is 1.88. The lowest BCUT2D eigenvalue weighted by molar-refractivity contribution is 0.161. The number of nitriles is 1. The van der Waals surface area contributed by atoms with Gasteiger partial charge in [0.25, 0.3) is 0 Å². The second kappa shape index (κ2) is 7.40. The van der Waals surface area contributed by atoms with Crippen molar-refractivity contribution in [3.05, 3.63) is 0 Å². The Hall–Kier alpha value is -0.630. The number of piperidine rings is 1. The van der Waals surface area contributed by atoms with E-state index in [0.717, 1.165) is 25.4 Å². The molecule has 4 nitrogen and oxygen atoms in total. The molecule has 0 saturated carbocycles. The fourth-order valence-corrected chi connectivity index (χ4v) is 3.49. The van der Waals surface area contributed by atoms with Crippen LogP contribution in [0.15, 0.2) is 0 Å². The van der Waals surface area contributed by atoms with Gasteiger partial charge in [-0.25, -0.2) is 0 Å². The number of likely N-dealkylation sites (tertiary alicyclic amines) is 2. The third-order valence-corrected chi connectivity index (χ3v) is 5.10. The molecule has 0 amide bonds.